The minimum Gasteiger partial charge on any atom is -0.388 e. The fourth-order valence-corrected chi connectivity index (χ4v) is 2.75. The van der Waals surface area contributed by atoms with E-state index in [4.69, 9.17) is 0 Å². The molecule has 1 N–H and O–H groups in total. The highest BCUT2D eigenvalue weighted by atomic mass is 16.3. The molecule has 1 fully saturated rings. The van der Waals surface area contributed by atoms with E-state index < -0.39 is 6.10 Å². The number of carbonyl (C=O) groups is 1. The first-order valence-corrected chi connectivity index (χ1v) is 7.41. The van der Waals surface area contributed by atoms with E-state index in [0.29, 0.717) is 6.42 Å². The molecule has 0 aromatic heterocycles. The molecule has 1 aliphatic rings. The van der Waals surface area contributed by atoms with Crippen molar-refractivity contribution in [3.8, 4) is 0 Å². The van der Waals surface area contributed by atoms with Gasteiger partial charge < -0.3 is 14.9 Å². The maximum absolute atomic E-state index is 11.5. The molecule has 2 rings (SSSR count). The zero-order chi connectivity index (χ0) is 14.5. The second-order valence-electron chi connectivity index (χ2n) is 5.33. The van der Waals surface area contributed by atoms with Crippen molar-refractivity contribution < 1.29 is 9.90 Å². The quantitative estimate of drug-likeness (QED) is 0.920. The molecule has 1 heterocycles. The standard InChI is InChI=1S/C16H24N2O2/c1-3-16(20)14-7-4-5-8-15(14)18-10-6-9-17(11-12-18)13(2)19/h4-5,7-8,16,20H,3,6,9-12H2,1-2H3/t16-/m1/s1. The Balaban J connectivity index is 2.17. The van der Waals surface area contributed by atoms with E-state index in [1.165, 1.54) is 0 Å². The average molecular weight is 276 g/mol. The Kier molecular flexibility index (Phi) is 5.01. The summed E-state index contributed by atoms with van der Waals surface area (Å²) in [6.07, 6.45) is 1.26. The molecule has 4 heteroatoms. The predicted octanol–water partition coefficient (Wildman–Crippen LogP) is 2.19. The molecule has 0 radical (unpaired) electrons. The number of anilines is 1. The highest BCUT2D eigenvalue weighted by Crippen LogP contribution is 2.28. The largest absolute Gasteiger partial charge is 0.388 e. The normalized spacial score (nSPS) is 17.8. The van der Waals surface area contributed by atoms with E-state index in [9.17, 15) is 9.90 Å². The fourth-order valence-electron chi connectivity index (χ4n) is 2.75. The molecule has 110 valence electrons. The van der Waals surface area contributed by atoms with Crippen molar-refractivity contribution in [3.63, 3.8) is 0 Å². The van der Waals surface area contributed by atoms with Gasteiger partial charge in [-0.1, -0.05) is 25.1 Å². The van der Waals surface area contributed by atoms with Crippen LogP contribution in [-0.4, -0.2) is 42.1 Å². The van der Waals surface area contributed by atoms with Crippen LogP contribution < -0.4 is 4.90 Å². The molecule has 0 spiro atoms. The van der Waals surface area contributed by atoms with E-state index in [1.54, 1.807) is 6.92 Å². The number of nitrogens with zero attached hydrogens (tertiary/aromatic N) is 2. The third-order valence-electron chi connectivity index (χ3n) is 3.96. The van der Waals surface area contributed by atoms with Gasteiger partial charge in [0.2, 0.25) is 5.91 Å². The molecule has 1 saturated heterocycles. The second kappa shape index (κ2) is 6.75. The summed E-state index contributed by atoms with van der Waals surface area (Å²) in [7, 11) is 0. The SMILES string of the molecule is CC[C@@H](O)c1ccccc1N1CCCN(C(C)=O)CC1. The van der Waals surface area contributed by atoms with Crippen LogP contribution in [0.1, 0.15) is 38.4 Å². The lowest BCUT2D eigenvalue weighted by Crippen LogP contribution is -2.34. The Hall–Kier alpha value is -1.55. The molecule has 1 aromatic rings. The highest BCUT2D eigenvalue weighted by molar-refractivity contribution is 5.73. The van der Waals surface area contributed by atoms with Crippen LogP contribution in [0.2, 0.25) is 0 Å². The van der Waals surface area contributed by atoms with Gasteiger partial charge in [0.15, 0.2) is 0 Å². The number of hydrogen-bond acceptors (Lipinski definition) is 3. The van der Waals surface area contributed by atoms with Crippen molar-refractivity contribution >= 4 is 11.6 Å². The maximum Gasteiger partial charge on any atom is 0.219 e. The average Bonchev–Trinajstić information content (AvgIpc) is 2.72. The predicted molar refractivity (Wildman–Crippen MR) is 80.8 cm³/mol. The van der Waals surface area contributed by atoms with Crippen LogP contribution in [0.4, 0.5) is 5.69 Å². The zero-order valence-corrected chi connectivity index (χ0v) is 12.4. The highest BCUT2D eigenvalue weighted by Gasteiger charge is 2.20. The van der Waals surface area contributed by atoms with Crippen LogP contribution >= 0.6 is 0 Å². The molecule has 0 saturated carbocycles. The molecule has 20 heavy (non-hydrogen) atoms. The molecule has 1 aromatic carbocycles. The van der Waals surface area contributed by atoms with Crippen LogP contribution in [0.25, 0.3) is 0 Å². The minimum absolute atomic E-state index is 0.147. The molecule has 1 aliphatic heterocycles. The van der Waals surface area contributed by atoms with Crippen molar-refractivity contribution in [1.29, 1.82) is 0 Å². The van der Waals surface area contributed by atoms with Crippen molar-refractivity contribution in [2.45, 2.75) is 32.8 Å². The van der Waals surface area contributed by atoms with Gasteiger partial charge in [0, 0.05) is 44.4 Å². The summed E-state index contributed by atoms with van der Waals surface area (Å²) in [4.78, 5) is 15.7. The van der Waals surface area contributed by atoms with Crippen molar-refractivity contribution in [3.05, 3.63) is 29.8 Å². The van der Waals surface area contributed by atoms with Crippen molar-refractivity contribution in [1.82, 2.24) is 4.90 Å². The maximum atomic E-state index is 11.5. The van der Waals surface area contributed by atoms with E-state index in [0.717, 1.165) is 43.9 Å². The molecule has 1 amide bonds. The van der Waals surface area contributed by atoms with Gasteiger partial charge in [-0.15, -0.1) is 0 Å². The number of aliphatic hydroxyl groups is 1. The van der Waals surface area contributed by atoms with E-state index in [-0.39, 0.29) is 5.91 Å². The van der Waals surface area contributed by atoms with Gasteiger partial charge in [-0.2, -0.15) is 0 Å². The number of rotatable bonds is 3. The molecular weight excluding hydrogens is 252 g/mol. The second-order valence-corrected chi connectivity index (χ2v) is 5.33. The first-order chi connectivity index (χ1) is 9.63. The smallest absolute Gasteiger partial charge is 0.219 e. The molecular formula is C16H24N2O2. The van der Waals surface area contributed by atoms with Gasteiger partial charge in [-0.05, 0) is 18.9 Å². The summed E-state index contributed by atoms with van der Waals surface area (Å²) in [5.41, 5.74) is 2.10. The Labute approximate surface area is 121 Å². The number of benzene rings is 1. The van der Waals surface area contributed by atoms with Crippen molar-refractivity contribution in [2.24, 2.45) is 0 Å². The number of para-hydroxylation sites is 1. The third kappa shape index (κ3) is 3.31. The van der Waals surface area contributed by atoms with Crippen LogP contribution in [-0.2, 0) is 4.79 Å². The van der Waals surface area contributed by atoms with Gasteiger partial charge in [0.05, 0.1) is 6.10 Å². The number of hydrogen-bond donors (Lipinski definition) is 1. The van der Waals surface area contributed by atoms with Crippen LogP contribution in [0.3, 0.4) is 0 Å². The van der Waals surface area contributed by atoms with Gasteiger partial charge >= 0.3 is 0 Å². The van der Waals surface area contributed by atoms with Crippen LogP contribution in [0, 0.1) is 0 Å². The summed E-state index contributed by atoms with van der Waals surface area (Å²) in [5.74, 6) is 0.147. The summed E-state index contributed by atoms with van der Waals surface area (Å²) in [6.45, 7) is 6.95. The summed E-state index contributed by atoms with van der Waals surface area (Å²) in [6, 6.07) is 8.04. The Morgan fingerprint density at radius 3 is 2.70 bits per heavy atom. The van der Waals surface area contributed by atoms with Gasteiger partial charge in [0.1, 0.15) is 0 Å². The minimum atomic E-state index is -0.418. The molecule has 0 bridgehead atoms. The van der Waals surface area contributed by atoms with Gasteiger partial charge in [-0.3, -0.25) is 4.79 Å². The number of carbonyl (C=O) groups excluding carboxylic acids is 1. The fraction of sp³-hybridized carbons (Fsp3) is 0.562. The lowest BCUT2D eigenvalue weighted by atomic mass is 10.0. The molecule has 0 unspecified atom stereocenters. The number of aliphatic hydroxyl groups excluding tert-OH is 1. The van der Waals surface area contributed by atoms with E-state index in [1.807, 2.05) is 30.0 Å². The Morgan fingerprint density at radius 2 is 2.00 bits per heavy atom. The van der Waals surface area contributed by atoms with Gasteiger partial charge in [0.25, 0.3) is 0 Å². The van der Waals surface area contributed by atoms with E-state index >= 15 is 0 Å². The zero-order valence-electron chi connectivity index (χ0n) is 12.4. The lowest BCUT2D eigenvalue weighted by molar-refractivity contribution is -0.128. The molecule has 1 atom stereocenters. The van der Waals surface area contributed by atoms with Gasteiger partial charge in [-0.25, -0.2) is 0 Å². The lowest BCUT2D eigenvalue weighted by Gasteiger charge is -2.27. The number of amides is 1. The van der Waals surface area contributed by atoms with E-state index in [2.05, 4.69) is 11.0 Å². The molecule has 0 aliphatic carbocycles. The van der Waals surface area contributed by atoms with Crippen molar-refractivity contribution in [2.75, 3.05) is 31.1 Å². The monoisotopic (exact) mass is 276 g/mol. The summed E-state index contributed by atoms with van der Waals surface area (Å²) < 4.78 is 0. The third-order valence-corrected chi connectivity index (χ3v) is 3.96. The van der Waals surface area contributed by atoms with Crippen LogP contribution in [0.15, 0.2) is 24.3 Å². The first kappa shape index (κ1) is 14.9. The molecule has 4 nitrogen and oxygen atoms in total. The first-order valence-electron chi connectivity index (χ1n) is 7.41. The summed E-state index contributed by atoms with van der Waals surface area (Å²) in [5, 5.41) is 10.2. The van der Waals surface area contributed by atoms with Crippen LogP contribution in [0.5, 0.6) is 0 Å². The Bertz CT molecular complexity index is 462. The summed E-state index contributed by atoms with van der Waals surface area (Å²) >= 11 is 0. The topological polar surface area (TPSA) is 43.8 Å². The Morgan fingerprint density at radius 1 is 1.25 bits per heavy atom.